The minimum Gasteiger partial charge on any atom is -0.455 e. The third-order valence-electron chi connectivity index (χ3n) is 10.4. The number of hydrogen-bond acceptors (Lipinski definition) is 5. The van der Waals surface area contributed by atoms with E-state index in [0.29, 0.717) is 17.5 Å². The van der Waals surface area contributed by atoms with Gasteiger partial charge in [-0.1, -0.05) is 146 Å². The van der Waals surface area contributed by atoms with Gasteiger partial charge in [-0.05, 0) is 63.4 Å². The zero-order valence-electron chi connectivity index (χ0n) is 28.9. The van der Waals surface area contributed by atoms with Gasteiger partial charge < -0.3 is 8.83 Å². The number of para-hydroxylation sites is 4. The first-order chi connectivity index (χ1) is 26.8. The topological polar surface area (TPSA) is 65.0 Å². The van der Waals surface area contributed by atoms with Crippen molar-refractivity contribution in [1.29, 1.82) is 0 Å². The Bertz CT molecular complexity index is 3090. The number of rotatable bonds is 5. The lowest BCUT2D eigenvalue weighted by Gasteiger charge is -2.18. The average molecular weight is 692 g/mol. The summed E-state index contributed by atoms with van der Waals surface area (Å²) in [6, 6.07) is 60.4. The molecule has 0 N–H and O–H groups in total. The van der Waals surface area contributed by atoms with E-state index >= 15 is 0 Å². The number of fused-ring (bicyclic) bond motifs is 7. The third-order valence-corrected chi connectivity index (χ3v) is 10.4. The lowest BCUT2D eigenvalue weighted by Crippen LogP contribution is -2.02. The first-order valence-corrected chi connectivity index (χ1v) is 18.0. The van der Waals surface area contributed by atoms with Crippen LogP contribution in [0.1, 0.15) is 0 Å². The molecule has 3 heterocycles. The summed E-state index contributed by atoms with van der Waals surface area (Å²) in [7, 11) is 0. The van der Waals surface area contributed by atoms with Gasteiger partial charge in [0.05, 0.1) is 11.1 Å². The first-order valence-electron chi connectivity index (χ1n) is 18.0. The second-order valence-corrected chi connectivity index (χ2v) is 13.5. The Kier molecular flexibility index (Phi) is 6.79. The molecule has 11 aromatic rings. The van der Waals surface area contributed by atoms with Crippen molar-refractivity contribution in [3.05, 3.63) is 176 Å². The van der Waals surface area contributed by atoms with E-state index in [9.17, 15) is 0 Å². The van der Waals surface area contributed by atoms with Crippen LogP contribution in [0.25, 0.3) is 111 Å². The molecule has 0 radical (unpaired) electrons. The van der Waals surface area contributed by atoms with Crippen molar-refractivity contribution in [2.24, 2.45) is 0 Å². The fourth-order valence-corrected chi connectivity index (χ4v) is 7.89. The van der Waals surface area contributed by atoms with Gasteiger partial charge in [-0.2, -0.15) is 0 Å². The number of furan rings is 2. The van der Waals surface area contributed by atoms with Crippen LogP contribution < -0.4 is 0 Å². The van der Waals surface area contributed by atoms with Crippen LogP contribution in [0.15, 0.2) is 185 Å². The van der Waals surface area contributed by atoms with Crippen LogP contribution in [0.2, 0.25) is 0 Å². The van der Waals surface area contributed by atoms with E-state index in [4.69, 9.17) is 23.8 Å². The first kappa shape index (κ1) is 30.3. The van der Waals surface area contributed by atoms with Crippen molar-refractivity contribution in [1.82, 2.24) is 15.0 Å². The molecule has 0 fully saturated rings. The number of hydrogen-bond donors (Lipinski definition) is 0. The van der Waals surface area contributed by atoms with Crippen LogP contribution in [0.5, 0.6) is 0 Å². The molecule has 8 aromatic carbocycles. The molecule has 0 saturated carbocycles. The van der Waals surface area contributed by atoms with Gasteiger partial charge in [-0.15, -0.1) is 0 Å². The van der Waals surface area contributed by atoms with Crippen molar-refractivity contribution < 1.29 is 8.83 Å². The maximum absolute atomic E-state index is 6.55. The van der Waals surface area contributed by atoms with Crippen LogP contribution >= 0.6 is 0 Å². The number of benzene rings is 8. The third kappa shape index (κ3) is 4.76. The Balaban J connectivity index is 1.26. The molecule has 0 saturated heterocycles. The minimum absolute atomic E-state index is 0.517. The molecule has 0 aliphatic carbocycles. The molecule has 0 aliphatic rings. The Morgan fingerprint density at radius 1 is 0.296 bits per heavy atom. The Labute approximate surface area is 309 Å². The van der Waals surface area contributed by atoms with Gasteiger partial charge in [0.15, 0.2) is 17.5 Å². The van der Waals surface area contributed by atoms with E-state index in [-0.39, 0.29) is 0 Å². The molecule has 5 heteroatoms. The van der Waals surface area contributed by atoms with Gasteiger partial charge >= 0.3 is 0 Å². The molecule has 0 spiro atoms. The molecule has 0 atom stereocenters. The van der Waals surface area contributed by atoms with E-state index in [1.807, 2.05) is 66.7 Å². The van der Waals surface area contributed by atoms with E-state index in [1.165, 1.54) is 0 Å². The second-order valence-electron chi connectivity index (χ2n) is 13.5. The summed E-state index contributed by atoms with van der Waals surface area (Å²) < 4.78 is 13.1. The molecular formula is C49H29N3O2. The van der Waals surface area contributed by atoms with Crippen LogP contribution in [0.3, 0.4) is 0 Å². The van der Waals surface area contributed by atoms with Crippen LogP contribution in [0, 0.1) is 0 Å². The minimum atomic E-state index is 0.517. The Morgan fingerprint density at radius 2 is 0.722 bits per heavy atom. The molecule has 252 valence electrons. The lowest BCUT2D eigenvalue weighted by atomic mass is 9.88. The lowest BCUT2D eigenvalue weighted by molar-refractivity contribution is 0.669. The summed E-state index contributed by atoms with van der Waals surface area (Å²) in [5.41, 5.74) is 9.98. The van der Waals surface area contributed by atoms with E-state index in [2.05, 4.69) is 109 Å². The molecular weight excluding hydrogens is 663 g/mol. The zero-order valence-corrected chi connectivity index (χ0v) is 28.9. The number of nitrogens with zero attached hydrogens (tertiary/aromatic N) is 3. The highest BCUT2D eigenvalue weighted by Gasteiger charge is 2.24. The largest absolute Gasteiger partial charge is 0.455 e. The second kappa shape index (κ2) is 12.1. The average Bonchev–Trinajstić information content (AvgIpc) is 3.82. The van der Waals surface area contributed by atoms with Crippen molar-refractivity contribution >= 4 is 54.6 Å². The summed E-state index contributed by atoms with van der Waals surface area (Å²) in [5.74, 6) is 1.59. The summed E-state index contributed by atoms with van der Waals surface area (Å²) >= 11 is 0. The zero-order chi connectivity index (χ0) is 35.6. The van der Waals surface area contributed by atoms with Crippen molar-refractivity contribution in [3.8, 4) is 56.4 Å². The van der Waals surface area contributed by atoms with Crippen molar-refractivity contribution in [2.45, 2.75) is 0 Å². The molecule has 0 unspecified atom stereocenters. The Hall–Kier alpha value is -7.37. The number of aromatic nitrogens is 3. The van der Waals surface area contributed by atoms with Gasteiger partial charge in [0, 0.05) is 27.1 Å². The van der Waals surface area contributed by atoms with E-state index < -0.39 is 0 Å². The van der Waals surface area contributed by atoms with E-state index in [0.717, 1.165) is 93.6 Å². The van der Waals surface area contributed by atoms with Gasteiger partial charge in [0.25, 0.3) is 0 Å². The van der Waals surface area contributed by atoms with Crippen molar-refractivity contribution in [3.63, 3.8) is 0 Å². The van der Waals surface area contributed by atoms with Crippen LogP contribution in [0.4, 0.5) is 0 Å². The van der Waals surface area contributed by atoms with Crippen LogP contribution in [-0.2, 0) is 0 Å². The predicted molar refractivity (Wildman–Crippen MR) is 219 cm³/mol. The summed E-state index contributed by atoms with van der Waals surface area (Å²) in [5, 5.41) is 6.27. The molecule has 11 rings (SSSR count). The van der Waals surface area contributed by atoms with Gasteiger partial charge in [0.1, 0.15) is 22.3 Å². The highest BCUT2D eigenvalue weighted by atomic mass is 16.3. The molecule has 54 heavy (non-hydrogen) atoms. The normalized spacial score (nSPS) is 11.7. The molecule has 0 aliphatic heterocycles. The van der Waals surface area contributed by atoms with Crippen molar-refractivity contribution in [2.75, 3.05) is 0 Å². The SMILES string of the molecule is c1ccc(-c2cc(-c3ccccc3)c3ccccc3c2-c2nc(-c3cccc4c3oc3ccccc34)nc(-c3cccc4c3oc3ccccc34)n2)cc1. The molecule has 5 nitrogen and oxygen atoms in total. The highest BCUT2D eigenvalue weighted by molar-refractivity contribution is 6.12. The molecule has 3 aromatic heterocycles. The van der Waals surface area contributed by atoms with Gasteiger partial charge in [0.2, 0.25) is 0 Å². The smallest absolute Gasteiger partial charge is 0.167 e. The summed E-state index contributed by atoms with van der Waals surface area (Å²) in [4.78, 5) is 16.0. The highest BCUT2D eigenvalue weighted by Crippen LogP contribution is 2.44. The fourth-order valence-electron chi connectivity index (χ4n) is 7.89. The Morgan fingerprint density at radius 3 is 1.28 bits per heavy atom. The molecule has 0 bridgehead atoms. The van der Waals surface area contributed by atoms with Gasteiger partial charge in [-0.3, -0.25) is 0 Å². The monoisotopic (exact) mass is 691 g/mol. The standard InChI is InChI=1S/C49H29N3O2/c1-3-15-30(16-4-1)40-29-41(31-17-5-2-6-18-31)44(35-22-8-7-19-32(35)40)49-51-47(38-25-13-23-36-33-20-9-11-27-42(33)53-45(36)38)50-48(52-49)39-26-14-24-37-34-21-10-12-28-43(34)54-46(37)39/h1-29H. The summed E-state index contributed by atoms with van der Waals surface area (Å²) in [6.07, 6.45) is 0. The van der Waals surface area contributed by atoms with E-state index in [1.54, 1.807) is 0 Å². The maximum atomic E-state index is 6.55. The maximum Gasteiger partial charge on any atom is 0.167 e. The van der Waals surface area contributed by atoms with Crippen LogP contribution in [-0.4, -0.2) is 15.0 Å². The fraction of sp³-hybridized carbons (Fsp3) is 0. The predicted octanol–water partition coefficient (Wildman–Crippen LogP) is 13.2. The quantitative estimate of drug-likeness (QED) is 0.180. The summed E-state index contributed by atoms with van der Waals surface area (Å²) in [6.45, 7) is 0. The molecule has 0 amide bonds. The van der Waals surface area contributed by atoms with Gasteiger partial charge in [-0.25, -0.2) is 15.0 Å².